The van der Waals surface area contributed by atoms with Crippen LogP contribution in [0.4, 0.5) is 11.8 Å². The van der Waals surface area contributed by atoms with Crippen LogP contribution >= 0.6 is 0 Å². The monoisotopic (exact) mass is 406 g/mol. The number of carbonyl (C=O) groups is 1. The zero-order chi connectivity index (χ0) is 21.1. The minimum absolute atomic E-state index is 0.0624. The Morgan fingerprint density at radius 3 is 2.83 bits per heavy atom. The van der Waals surface area contributed by atoms with Gasteiger partial charge < -0.3 is 20.3 Å². The van der Waals surface area contributed by atoms with Gasteiger partial charge in [0.25, 0.3) is 5.91 Å². The summed E-state index contributed by atoms with van der Waals surface area (Å²) in [4.78, 5) is 28.3. The molecule has 3 aromatic rings. The molecule has 30 heavy (non-hydrogen) atoms. The van der Waals surface area contributed by atoms with Crippen LogP contribution in [-0.4, -0.2) is 52.1 Å². The van der Waals surface area contributed by atoms with Gasteiger partial charge in [0, 0.05) is 43.4 Å². The predicted molar refractivity (Wildman–Crippen MR) is 116 cm³/mol. The number of hydrogen-bond acceptors (Lipinski definition) is 7. The smallest absolute Gasteiger partial charge is 0.273 e. The van der Waals surface area contributed by atoms with Gasteiger partial charge in [0.2, 0.25) is 5.95 Å². The highest BCUT2D eigenvalue weighted by Crippen LogP contribution is 2.29. The van der Waals surface area contributed by atoms with E-state index in [4.69, 9.17) is 4.74 Å². The van der Waals surface area contributed by atoms with E-state index in [-0.39, 0.29) is 11.9 Å². The summed E-state index contributed by atoms with van der Waals surface area (Å²) in [5.74, 6) is 1.03. The number of anilines is 2. The first-order valence-electron chi connectivity index (χ1n) is 10.1. The topological polar surface area (TPSA) is 92.3 Å². The third kappa shape index (κ3) is 4.04. The second-order valence-electron chi connectivity index (χ2n) is 7.56. The van der Waals surface area contributed by atoms with E-state index in [9.17, 15) is 4.79 Å². The molecule has 1 aliphatic rings. The third-order valence-corrected chi connectivity index (χ3v) is 5.12. The van der Waals surface area contributed by atoms with Gasteiger partial charge in [-0.2, -0.15) is 4.98 Å². The first-order valence-corrected chi connectivity index (χ1v) is 10.1. The molecule has 0 atom stereocenters. The maximum atomic E-state index is 12.8. The summed E-state index contributed by atoms with van der Waals surface area (Å²) in [6.07, 6.45) is 1.86. The van der Waals surface area contributed by atoms with Crippen molar-refractivity contribution in [2.24, 2.45) is 0 Å². The number of aromatic nitrogens is 3. The van der Waals surface area contributed by atoms with Gasteiger partial charge in [0.1, 0.15) is 11.5 Å². The van der Waals surface area contributed by atoms with Gasteiger partial charge in [0.15, 0.2) is 0 Å². The maximum Gasteiger partial charge on any atom is 0.273 e. The lowest BCUT2D eigenvalue weighted by Gasteiger charge is -2.19. The van der Waals surface area contributed by atoms with Crippen molar-refractivity contribution in [1.82, 2.24) is 19.9 Å². The molecule has 4 rings (SSSR count). The van der Waals surface area contributed by atoms with Crippen molar-refractivity contribution >= 4 is 28.6 Å². The Kier molecular flexibility index (Phi) is 5.76. The zero-order valence-electron chi connectivity index (χ0n) is 17.5. The molecule has 0 aliphatic carbocycles. The van der Waals surface area contributed by atoms with Gasteiger partial charge in [-0.15, -0.1) is 0 Å². The van der Waals surface area contributed by atoms with Crippen molar-refractivity contribution in [3.63, 3.8) is 0 Å². The predicted octanol–water partition coefficient (Wildman–Crippen LogP) is 3.06. The van der Waals surface area contributed by atoms with E-state index >= 15 is 0 Å². The normalized spacial score (nSPS) is 13.2. The maximum absolute atomic E-state index is 12.8. The summed E-state index contributed by atoms with van der Waals surface area (Å²) in [5.41, 5.74) is 3.30. The Hall–Kier alpha value is -3.26. The molecule has 0 saturated carbocycles. The number of carbonyl (C=O) groups excluding carboxylic acids is 1. The average Bonchev–Trinajstić information content (AvgIpc) is 3.09. The van der Waals surface area contributed by atoms with Crippen LogP contribution in [0.3, 0.4) is 0 Å². The molecule has 2 N–H and O–H groups in total. The number of fused-ring (bicyclic) bond motifs is 2. The van der Waals surface area contributed by atoms with Crippen LogP contribution in [0.1, 0.15) is 35.5 Å². The van der Waals surface area contributed by atoms with Crippen molar-refractivity contribution in [3.8, 4) is 0 Å². The highest BCUT2D eigenvalue weighted by atomic mass is 16.5. The quantitative estimate of drug-likeness (QED) is 0.556. The fourth-order valence-electron chi connectivity index (χ4n) is 3.50. The third-order valence-electron chi connectivity index (χ3n) is 5.12. The Morgan fingerprint density at radius 2 is 2.03 bits per heavy atom. The summed E-state index contributed by atoms with van der Waals surface area (Å²) in [6, 6.07) is 10.2. The van der Waals surface area contributed by atoms with E-state index in [0.717, 1.165) is 22.0 Å². The standard InChI is InChI=1S/C22H26N6O2/c1-14(2)28-13-17-19(21(28)29)26-22(23-8-9-30-3)27-20(17)25-12-15-10-16-6-4-5-7-18(16)24-11-15/h4-7,10-11,14H,8-9,12-13H2,1-3H3,(H2,23,25,26,27). The summed E-state index contributed by atoms with van der Waals surface area (Å²) in [6.45, 7) is 6.15. The number of nitrogens with one attached hydrogen (secondary N) is 2. The van der Waals surface area contributed by atoms with Crippen molar-refractivity contribution in [2.45, 2.75) is 33.0 Å². The Labute approximate surface area is 175 Å². The van der Waals surface area contributed by atoms with E-state index in [2.05, 4.69) is 31.7 Å². The molecule has 0 radical (unpaired) electrons. The fraction of sp³-hybridized carbons (Fsp3) is 0.364. The number of methoxy groups -OCH3 is 1. The number of pyridine rings is 1. The molecule has 0 unspecified atom stereocenters. The zero-order valence-corrected chi connectivity index (χ0v) is 17.5. The van der Waals surface area contributed by atoms with Crippen LogP contribution in [0.2, 0.25) is 0 Å². The summed E-state index contributed by atoms with van der Waals surface area (Å²) < 4.78 is 5.08. The van der Waals surface area contributed by atoms with Crippen molar-refractivity contribution < 1.29 is 9.53 Å². The second-order valence-corrected chi connectivity index (χ2v) is 7.56. The van der Waals surface area contributed by atoms with Crippen LogP contribution in [0, 0.1) is 0 Å². The Bertz CT molecular complexity index is 1070. The van der Waals surface area contributed by atoms with E-state index in [0.29, 0.717) is 43.7 Å². The van der Waals surface area contributed by atoms with Gasteiger partial charge >= 0.3 is 0 Å². The summed E-state index contributed by atoms with van der Waals surface area (Å²) in [7, 11) is 1.64. The molecule has 0 fully saturated rings. The average molecular weight is 406 g/mol. The SMILES string of the molecule is COCCNc1nc(NCc2cnc3ccccc3c2)c2c(n1)C(=O)N(C(C)C)C2. The lowest BCUT2D eigenvalue weighted by molar-refractivity contribution is 0.0726. The molecule has 8 nitrogen and oxygen atoms in total. The van der Waals surface area contributed by atoms with Crippen LogP contribution in [0.25, 0.3) is 10.9 Å². The van der Waals surface area contributed by atoms with Crippen molar-refractivity contribution in [3.05, 3.63) is 53.3 Å². The fourth-order valence-corrected chi connectivity index (χ4v) is 3.50. The molecule has 1 aromatic carbocycles. The molecule has 8 heteroatoms. The number of hydrogen-bond donors (Lipinski definition) is 2. The molecule has 1 aliphatic heterocycles. The number of rotatable bonds is 8. The second kappa shape index (κ2) is 8.62. The molecule has 0 spiro atoms. The van der Waals surface area contributed by atoms with E-state index in [1.807, 2.05) is 44.3 Å². The van der Waals surface area contributed by atoms with Gasteiger partial charge in [0.05, 0.1) is 18.7 Å². The minimum Gasteiger partial charge on any atom is -0.383 e. The summed E-state index contributed by atoms with van der Waals surface area (Å²) in [5, 5.41) is 7.62. The molecular weight excluding hydrogens is 380 g/mol. The van der Waals surface area contributed by atoms with Gasteiger partial charge in [-0.1, -0.05) is 18.2 Å². The molecule has 0 saturated heterocycles. The molecule has 1 amide bonds. The highest BCUT2D eigenvalue weighted by Gasteiger charge is 2.34. The van der Waals surface area contributed by atoms with Crippen LogP contribution < -0.4 is 10.6 Å². The van der Waals surface area contributed by atoms with Crippen molar-refractivity contribution in [2.75, 3.05) is 30.9 Å². The number of nitrogens with zero attached hydrogens (tertiary/aromatic N) is 4. The summed E-state index contributed by atoms with van der Waals surface area (Å²) >= 11 is 0. The first kappa shape index (κ1) is 20.0. The van der Waals surface area contributed by atoms with E-state index in [1.54, 1.807) is 12.0 Å². The molecule has 0 bridgehead atoms. The van der Waals surface area contributed by atoms with Gasteiger partial charge in [-0.25, -0.2) is 4.98 Å². The number of amides is 1. The highest BCUT2D eigenvalue weighted by molar-refractivity contribution is 5.98. The van der Waals surface area contributed by atoms with Crippen LogP contribution in [-0.2, 0) is 17.8 Å². The van der Waals surface area contributed by atoms with Gasteiger partial charge in [-0.05, 0) is 31.5 Å². The molecule has 3 heterocycles. The van der Waals surface area contributed by atoms with Gasteiger partial charge in [-0.3, -0.25) is 9.78 Å². The number of benzene rings is 1. The number of ether oxygens (including phenoxy) is 1. The van der Waals surface area contributed by atoms with E-state index in [1.165, 1.54) is 0 Å². The van der Waals surface area contributed by atoms with Crippen molar-refractivity contribution in [1.29, 1.82) is 0 Å². The Balaban J connectivity index is 1.60. The largest absolute Gasteiger partial charge is 0.383 e. The van der Waals surface area contributed by atoms with E-state index < -0.39 is 0 Å². The Morgan fingerprint density at radius 1 is 1.20 bits per heavy atom. The molecule has 2 aromatic heterocycles. The lowest BCUT2D eigenvalue weighted by Crippen LogP contribution is -2.31. The minimum atomic E-state index is -0.0624. The number of para-hydroxylation sites is 1. The first-order chi connectivity index (χ1) is 14.6. The molecular formula is C22H26N6O2. The lowest BCUT2D eigenvalue weighted by atomic mass is 10.1. The molecule has 156 valence electrons. The van der Waals surface area contributed by atoms with Crippen LogP contribution in [0.15, 0.2) is 36.5 Å². The van der Waals surface area contributed by atoms with Crippen LogP contribution in [0.5, 0.6) is 0 Å².